The van der Waals surface area contributed by atoms with E-state index in [1.165, 1.54) is 0 Å². The van der Waals surface area contributed by atoms with E-state index < -0.39 is 6.61 Å². The molecule has 0 amide bonds. The average molecular weight is 425 g/mol. The van der Waals surface area contributed by atoms with Crippen LogP contribution in [-0.4, -0.2) is 94.4 Å². The highest BCUT2D eigenvalue weighted by Gasteiger charge is 2.26. The van der Waals surface area contributed by atoms with Crippen LogP contribution in [0.15, 0.2) is 29.3 Å². The molecule has 2 saturated heterocycles. The highest BCUT2D eigenvalue weighted by Crippen LogP contribution is 2.31. The highest BCUT2D eigenvalue weighted by atomic mass is 19.3. The van der Waals surface area contributed by atoms with Crippen molar-refractivity contribution in [1.29, 1.82) is 0 Å². The van der Waals surface area contributed by atoms with E-state index in [0.29, 0.717) is 18.3 Å². The number of hydrogen-bond acceptors (Lipinski definition) is 5. The Morgan fingerprint density at radius 2 is 2.00 bits per heavy atom. The van der Waals surface area contributed by atoms with E-state index in [0.717, 1.165) is 51.6 Å². The number of nitrogens with zero attached hydrogens (tertiary/aromatic N) is 4. The lowest BCUT2D eigenvalue weighted by molar-refractivity contribution is -0.0495. The Morgan fingerprint density at radius 1 is 1.20 bits per heavy atom. The third-order valence-corrected chi connectivity index (χ3v) is 5.74. The van der Waals surface area contributed by atoms with Crippen molar-refractivity contribution < 1.29 is 13.5 Å². The topological polar surface area (TPSA) is 55.4 Å². The minimum Gasteiger partial charge on any atom is -0.433 e. The second-order valence-corrected chi connectivity index (χ2v) is 8.04. The van der Waals surface area contributed by atoms with Crippen molar-refractivity contribution in [2.45, 2.75) is 32.0 Å². The zero-order chi connectivity index (χ0) is 21.5. The van der Waals surface area contributed by atoms with Crippen LogP contribution in [0.1, 0.15) is 13.3 Å². The predicted octanol–water partition coefficient (Wildman–Crippen LogP) is 1.67. The number of likely N-dealkylation sites (N-methyl/N-ethyl adjacent to an activating group) is 2. The number of guanidine groups is 1. The molecule has 2 unspecified atom stereocenters. The Kier molecular flexibility index (Phi) is 8.09. The Hall–Kier alpha value is -2.13. The predicted molar refractivity (Wildman–Crippen MR) is 117 cm³/mol. The van der Waals surface area contributed by atoms with Gasteiger partial charge in [-0.25, -0.2) is 0 Å². The summed E-state index contributed by atoms with van der Waals surface area (Å²) in [4.78, 5) is 11.6. The lowest BCUT2D eigenvalue weighted by Crippen LogP contribution is -2.52. The molecule has 2 N–H and O–H groups in total. The van der Waals surface area contributed by atoms with Gasteiger partial charge in [0, 0.05) is 51.4 Å². The maximum Gasteiger partial charge on any atom is 0.387 e. The second kappa shape index (κ2) is 10.8. The van der Waals surface area contributed by atoms with Crippen LogP contribution in [0.5, 0.6) is 5.75 Å². The molecule has 2 fully saturated rings. The third-order valence-electron chi connectivity index (χ3n) is 5.74. The van der Waals surface area contributed by atoms with Gasteiger partial charge in [-0.3, -0.25) is 9.89 Å². The van der Waals surface area contributed by atoms with Crippen LogP contribution in [0.3, 0.4) is 0 Å². The van der Waals surface area contributed by atoms with Gasteiger partial charge in [-0.1, -0.05) is 12.1 Å². The zero-order valence-corrected chi connectivity index (χ0v) is 18.2. The summed E-state index contributed by atoms with van der Waals surface area (Å²) in [5.74, 6) is 1.03. The van der Waals surface area contributed by atoms with Crippen molar-refractivity contribution in [3.8, 4) is 5.75 Å². The number of anilines is 1. The molecular weight excluding hydrogens is 390 g/mol. The molecule has 0 spiro atoms. The number of rotatable bonds is 7. The molecule has 3 rings (SSSR count). The number of hydrogen-bond donors (Lipinski definition) is 2. The summed E-state index contributed by atoms with van der Waals surface area (Å²) in [6.45, 7) is 5.38. The standard InChI is InChI=1S/C21H34F2N6O/c1-4-24-21(25-13-17-15-27(2)11-12-28(17)3)26-16-9-10-29(14-16)18-7-5-6-8-19(18)30-20(22)23/h5-8,16-17,20H,4,9-15H2,1-3H3,(H2,24,25,26). The molecule has 168 valence electrons. The Labute approximate surface area is 178 Å². The van der Waals surface area contributed by atoms with E-state index in [4.69, 9.17) is 9.73 Å². The minimum atomic E-state index is -2.83. The molecule has 0 aliphatic carbocycles. The van der Waals surface area contributed by atoms with Gasteiger partial charge in [-0.05, 0) is 39.6 Å². The molecule has 0 radical (unpaired) electrons. The molecule has 7 nitrogen and oxygen atoms in total. The molecule has 2 aliphatic heterocycles. The van der Waals surface area contributed by atoms with Crippen LogP contribution in [0.25, 0.3) is 0 Å². The number of halogens is 2. The summed E-state index contributed by atoms with van der Waals surface area (Å²) in [7, 11) is 4.30. The number of aliphatic imine (C=N–C) groups is 1. The first-order valence-corrected chi connectivity index (χ1v) is 10.7. The van der Waals surface area contributed by atoms with Crippen LogP contribution in [0, 0.1) is 0 Å². The summed E-state index contributed by atoms with van der Waals surface area (Å²) in [6.07, 6.45) is 0.902. The number of nitrogens with one attached hydrogen (secondary N) is 2. The van der Waals surface area contributed by atoms with Gasteiger partial charge >= 0.3 is 6.61 Å². The maximum absolute atomic E-state index is 12.7. The molecule has 0 bridgehead atoms. The van der Waals surface area contributed by atoms with Crippen LogP contribution in [0.4, 0.5) is 14.5 Å². The van der Waals surface area contributed by atoms with Crippen molar-refractivity contribution >= 4 is 11.6 Å². The van der Waals surface area contributed by atoms with Crippen LogP contribution >= 0.6 is 0 Å². The lowest BCUT2D eigenvalue weighted by Gasteiger charge is -2.37. The maximum atomic E-state index is 12.7. The Balaban J connectivity index is 1.59. The van der Waals surface area contributed by atoms with E-state index >= 15 is 0 Å². The molecule has 1 aromatic carbocycles. The van der Waals surface area contributed by atoms with Gasteiger partial charge in [0.2, 0.25) is 0 Å². The van der Waals surface area contributed by atoms with Crippen molar-refractivity contribution in [2.75, 3.05) is 64.8 Å². The minimum absolute atomic E-state index is 0.189. The fourth-order valence-electron chi connectivity index (χ4n) is 4.02. The first-order chi connectivity index (χ1) is 14.5. The van der Waals surface area contributed by atoms with Gasteiger partial charge < -0.3 is 25.2 Å². The van der Waals surface area contributed by atoms with E-state index in [9.17, 15) is 8.78 Å². The summed E-state index contributed by atoms with van der Waals surface area (Å²) in [5.41, 5.74) is 0.705. The molecular formula is C21H34F2N6O. The first kappa shape index (κ1) is 22.6. The zero-order valence-electron chi connectivity index (χ0n) is 18.2. The molecule has 1 aromatic rings. The quantitative estimate of drug-likeness (QED) is 0.513. The van der Waals surface area contributed by atoms with Gasteiger partial charge in [0.1, 0.15) is 5.75 Å². The molecule has 0 aromatic heterocycles. The smallest absolute Gasteiger partial charge is 0.387 e. The monoisotopic (exact) mass is 424 g/mol. The molecule has 2 heterocycles. The van der Waals surface area contributed by atoms with Gasteiger partial charge in [0.25, 0.3) is 0 Å². The number of ether oxygens (including phenoxy) is 1. The van der Waals surface area contributed by atoms with Crippen molar-refractivity contribution in [3.05, 3.63) is 24.3 Å². The summed E-state index contributed by atoms with van der Waals surface area (Å²) >= 11 is 0. The molecule has 9 heteroatoms. The normalized spacial score (nSPS) is 23.8. The summed E-state index contributed by atoms with van der Waals surface area (Å²) in [6, 6.07) is 7.56. The fraction of sp³-hybridized carbons (Fsp3) is 0.667. The lowest BCUT2D eigenvalue weighted by atomic mass is 10.2. The fourth-order valence-corrected chi connectivity index (χ4v) is 4.02. The van der Waals surface area contributed by atoms with Gasteiger partial charge in [0.15, 0.2) is 5.96 Å². The highest BCUT2D eigenvalue weighted by molar-refractivity contribution is 5.80. The number of alkyl halides is 2. The summed E-state index contributed by atoms with van der Waals surface area (Å²) < 4.78 is 30.2. The van der Waals surface area contributed by atoms with Gasteiger partial charge in [-0.2, -0.15) is 8.78 Å². The number of benzene rings is 1. The largest absolute Gasteiger partial charge is 0.433 e. The SMILES string of the molecule is CCNC(=NCC1CN(C)CCN1C)NC1CCN(c2ccccc2OC(F)F)C1. The van der Waals surface area contributed by atoms with Gasteiger partial charge in [-0.15, -0.1) is 0 Å². The van der Waals surface area contributed by atoms with Crippen LogP contribution in [0.2, 0.25) is 0 Å². The average Bonchev–Trinajstić information content (AvgIpc) is 3.17. The van der Waals surface area contributed by atoms with Crippen molar-refractivity contribution in [2.24, 2.45) is 4.99 Å². The summed E-state index contributed by atoms with van der Waals surface area (Å²) in [5, 5.41) is 6.85. The molecule has 2 atom stereocenters. The van der Waals surface area contributed by atoms with Crippen molar-refractivity contribution in [3.63, 3.8) is 0 Å². The Morgan fingerprint density at radius 3 is 2.77 bits per heavy atom. The number of piperazine rings is 1. The Bertz CT molecular complexity index is 704. The van der Waals surface area contributed by atoms with E-state index in [2.05, 4.69) is 46.4 Å². The molecule has 2 aliphatic rings. The van der Waals surface area contributed by atoms with E-state index in [1.54, 1.807) is 12.1 Å². The first-order valence-electron chi connectivity index (χ1n) is 10.7. The number of para-hydroxylation sites is 2. The van der Waals surface area contributed by atoms with Gasteiger partial charge in [0.05, 0.1) is 12.2 Å². The molecule has 0 saturated carbocycles. The van der Waals surface area contributed by atoms with E-state index in [1.807, 2.05) is 12.1 Å². The van der Waals surface area contributed by atoms with E-state index in [-0.39, 0.29) is 11.8 Å². The third kappa shape index (κ3) is 6.18. The van der Waals surface area contributed by atoms with Crippen LogP contribution < -0.4 is 20.3 Å². The van der Waals surface area contributed by atoms with Crippen molar-refractivity contribution in [1.82, 2.24) is 20.4 Å². The second-order valence-electron chi connectivity index (χ2n) is 8.04. The molecule has 30 heavy (non-hydrogen) atoms. The van der Waals surface area contributed by atoms with Crippen LogP contribution in [-0.2, 0) is 0 Å².